The predicted molar refractivity (Wildman–Crippen MR) is 128 cm³/mol. The third kappa shape index (κ3) is 4.91. The second kappa shape index (κ2) is 10.1. The Bertz CT molecular complexity index is 1260. The highest BCUT2D eigenvalue weighted by atomic mass is 16.1. The lowest BCUT2D eigenvalue weighted by molar-refractivity contribution is 0.102. The zero-order valence-corrected chi connectivity index (χ0v) is 18.2. The molecule has 1 aromatic carbocycles. The second-order valence-electron chi connectivity index (χ2n) is 7.30. The summed E-state index contributed by atoms with van der Waals surface area (Å²) in [6, 6.07) is 9.64. The number of hydrogen-bond acceptors (Lipinski definition) is 7. The minimum absolute atomic E-state index is 0.0417. The zero-order chi connectivity index (χ0) is 23.2. The van der Waals surface area contributed by atoms with Gasteiger partial charge >= 0.3 is 0 Å². The molecule has 3 heterocycles. The Kier molecular flexibility index (Phi) is 6.75. The smallest absolute Gasteiger partial charge is 0.278 e. The molecule has 2 radical (unpaired) electrons. The molecule has 9 nitrogen and oxygen atoms in total. The molecule has 0 spiro atoms. The van der Waals surface area contributed by atoms with Gasteiger partial charge in [-0.3, -0.25) is 9.78 Å². The fraction of sp³-hybridized carbons (Fsp3) is 0.174. The fourth-order valence-corrected chi connectivity index (χ4v) is 3.45. The molecule has 4 aromatic rings. The Morgan fingerprint density at radius 2 is 1.94 bits per heavy atom. The summed E-state index contributed by atoms with van der Waals surface area (Å²) in [5.74, 6) is 0.438. The molecule has 0 aliphatic carbocycles. The van der Waals surface area contributed by atoms with Crippen molar-refractivity contribution >= 4 is 25.4 Å². The minimum atomic E-state index is -0.472. The first-order valence-electron chi connectivity index (χ1n) is 10.5. The van der Waals surface area contributed by atoms with Crippen molar-refractivity contribution in [2.45, 2.75) is 19.8 Å². The maximum atomic E-state index is 13.1. The van der Waals surface area contributed by atoms with Gasteiger partial charge in [-0.05, 0) is 24.6 Å². The van der Waals surface area contributed by atoms with Gasteiger partial charge < -0.3 is 20.8 Å². The van der Waals surface area contributed by atoms with Crippen LogP contribution in [0.25, 0.3) is 16.9 Å². The molecule has 10 heteroatoms. The highest BCUT2D eigenvalue weighted by Crippen LogP contribution is 2.23. The molecular weight excluding hydrogens is 415 g/mol. The summed E-state index contributed by atoms with van der Waals surface area (Å²) in [5.41, 5.74) is 9.81. The largest absolute Gasteiger partial charge is 0.382 e. The number of pyridine rings is 1. The highest BCUT2D eigenvalue weighted by Gasteiger charge is 2.18. The van der Waals surface area contributed by atoms with E-state index in [9.17, 15) is 4.79 Å². The van der Waals surface area contributed by atoms with Crippen LogP contribution in [-0.2, 0) is 12.8 Å². The van der Waals surface area contributed by atoms with Gasteiger partial charge in [-0.2, -0.15) is 0 Å². The number of nitrogens with zero attached hydrogens (tertiary/aromatic N) is 5. The molecule has 0 saturated heterocycles. The number of aromatic nitrogens is 5. The van der Waals surface area contributed by atoms with Gasteiger partial charge in [-0.1, -0.05) is 31.2 Å². The van der Waals surface area contributed by atoms with Gasteiger partial charge in [0, 0.05) is 30.6 Å². The van der Waals surface area contributed by atoms with Crippen LogP contribution in [0.5, 0.6) is 0 Å². The van der Waals surface area contributed by atoms with Crippen LogP contribution in [0.4, 0.5) is 11.5 Å². The summed E-state index contributed by atoms with van der Waals surface area (Å²) in [6.07, 6.45) is 9.90. The number of nitrogen functional groups attached to an aromatic ring is 1. The van der Waals surface area contributed by atoms with Crippen molar-refractivity contribution < 1.29 is 4.79 Å². The van der Waals surface area contributed by atoms with E-state index in [0.29, 0.717) is 17.9 Å². The molecule has 0 bridgehead atoms. The lowest BCUT2D eigenvalue weighted by atomic mass is 10.1. The predicted octanol–water partition coefficient (Wildman–Crippen LogP) is 2.34. The summed E-state index contributed by atoms with van der Waals surface area (Å²) >= 11 is 0. The fourth-order valence-electron chi connectivity index (χ4n) is 3.45. The number of aryl methyl sites for hydroxylation is 1. The number of hydrogen-bond donors (Lipinski definition) is 3. The summed E-state index contributed by atoms with van der Waals surface area (Å²) < 4.78 is 1.91. The van der Waals surface area contributed by atoms with Crippen molar-refractivity contribution in [1.82, 2.24) is 29.7 Å². The first kappa shape index (κ1) is 22.2. The summed E-state index contributed by atoms with van der Waals surface area (Å²) in [7, 11) is 5.34. The molecule has 0 aliphatic rings. The number of nitrogens with one attached hydrogen (secondary N) is 2. The van der Waals surface area contributed by atoms with E-state index in [2.05, 4.69) is 30.5 Å². The number of carbonyl (C=O) groups is 1. The molecular formula is C23H23BN8O. The second-order valence-corrected chi connectivity index (χ2v) is 7.30. The minimum Gasteiger partial charge on any atom is -0.382 e. The SMILES string of the molecule is [B]NCCc1ccc(-c2cnc(N)c(C(=O)Nc3cnccc3-n3ccnc3CC)n2)cc1. The standard InChI is InChI=1S/C23H23BN8O/c1-2-20-27-11-12-32(20)19-8-9-26-13-18(19)31-23(33)21-22(25)28-14-17(30-21)16-5-3-15(4-6-16)7-10-29-24/h3-6,8-9,11-14,29H,2,7,10H2,1H3,(H2,25,28)(H,31,33). The lowest BCUT2D eigenvalue weighted by Gasteiger charge is -2.13. The molecule has 0 atom stereocenters. The number of amides is 1. The van der Waals surface area contributed by atoms with Gasteiger partial charge in [0.25, 0.3) is 5.91 Å². The van der Waals surface area contributed by atoms with E-state index in [1.165, 1.54) is 0 Å². The zero-order valence-electron chi connectivity index (χ0n) is 18.2. The van der Waals surface area contributed by atoms with Crippen molar-refractivity contribution in [3.05, 3.63) is 78.4 Å². The van der Waals surface area contributed by atoms with E-state index in [0.717, 1.165) is 35.5 Å². The number of carbonyl (C=O) groups excluding carboxylic acids is 1. The monoisotopic (exact) mass is 438 g/mol. The van der Waals surface area contributed by atoms with Crippen molar-refractivity contribution in [2.24, 2.45) is 0 Å². The molecule has 0 saturated carbocycles. The Hall–Kier alpha value is -4.05. The Labute approximate surface area is 193 Å². The number of rotatable bonds is 8. The van der Waals surface area contributed by atoms with Gasteiger partial charge in [0.15, 0.2) is 19.5 Å². The van der Waals surface area contributed by atoms with E-state index in [4.69, 9.17) is 13.7 Å². The highest BCUT2D eigenvalue weighted by molar-refractivity contribution is 6.06. The van der Waals surface area contributed by atoms with Crippen LogP contribution in [0.2, 0.25) is 0 Å². The van der Waals surface area contributed by atoms with Gasteiger partial charge in [0.05, 0.1) is 29.5 Å². The normalized spacial score (nSPS) is 10.8. The van der Waals surface area contributed by atoms with E-state index >= 15 is 0 Å². The topological polar surface area (TPSA) is 124 Å². The molecule has 0 unspecified atom stereocenters. The molecule has 0 fully saturated rings. The van der Waals surface area contributed by atoms with E-state index in [1.54, 1.807) is 24.8 Å². The molecule has 164 valence electrons. The third-order valence-electron chi connectivity index (χ3n) is 5.16. The van der Waals surface area contributed by atoms with E-state index in [-0.39, 0.29) is 11.5 Å². The lowest BCUT2D eigenvalue weighted by Crippen LogP contribution is -2.18. The number of imidazole rings is 1. The molecule has 4 N–H and O–H groups in total. The van der Waals surface area contributed by atoms with Crippen LogP contribution in [0.15, 0.2) is 61.3 Å². The Morgan fingerprint density at radius 3 is 2.70 bits per heavy atom. The molecule has 4 rings (SSSR count). The number of nitrogens with two attached hydrogens (primary N) is 1. The Morgan fingerprint density at radius 1 is 1.12 bits per heavy atom. The van der Waals surface area contributed by atoms with Crippen LogP contribution in [-0.4, -0.2) is 44.9 Å². The van der Waals surface area contributed by atoms with Crippen LogP contribution >= 0.6 is 0 Å². The Balaban J connectivity index is 1.60. The quantitative estimate of drug-likeness (QED) is 0.361. The molecule has 33 heavy (non-hydrogen) atoms. The van der Waals surface area contributed by atoms with Crippen LogP contribution < -0.4 is 16.3 Å². The number of benzene rings is 1. The van der Waals surface area contributed by atoms with Gasteiger partial charge in [-0.25, -0.2) is 15.0 Å². The van der Waals surface area contributed by atoms with Gasteiger partial charge in [-0.15, -0.1) is 0 Å². The summed E-state index contributed by atoms with van der Waals surface area (Å²) in [5, 5.41) is 5.50. The van der Waals surface area contributed by atoms with E-state index in [1.807, 2.05) is 48.0 Å². The molecule has 3 aromatic heterocycles. The average molecular weight is 438 g/mol. The number of anilines is 2. The first-order valence-corrected chi connectivity index (χ1v) is 10.5. The van der Waals surface area contributed by atoms with Crippen molar-refractivity contribution in [3.8, 4) is 16.9 Å². The summed E-state index contributed by atoms with van der Waals surface area (Å²) in [6.45, 7) is 2.70. The van der Waals surface area contributed by atoms with Crippen LogP contribution in [0, 0.1) is 0 Å². The average Bonchev–Trinajstić information content (AvgIpc) is 3.32. The molecule has 1 amide bonds. The van der Waals surface area contributed by atoms with E-state index < -0.39 is 5.91 Å². The molecule has 0 aliphatic heterocycles. The third-order valence-corrected chi connectivity index (χ3v) is 5.16. The van der Waals surface area contributed by atoms with Gasteiger partial charge in [0.1, 0.15) is 5.82 Å². The summed E-state index contributed by atoms with van der Waals surface area (Å²) in [4.78, 5) is 30.3. The van der Waals surface area contributed by atoms with Crippen LogP contribution in [0.1, 0.15) is 28.8 Å². The van der Waals surface area contributed by atoms with Crippen molar-refractivity contribution in [3.63, 3.8) is 0 Å². The maximum absolute atomic E-state index is 13.1. The first-order chi connectivity index (χ1) is 16.1. The van der Waals surface area contributed by atoms with Crippen molar-refractivity contribution in [2.75, 3.05) is 17.6 Å². The van der Waals surface area contributed by atoms with Crippen molar-refractivity contribution in [1.29, 1.82) is 0 Å². The van der Waals surface area contributed by atoms with Crippen LogP contribution in [0.3, 0.4) is 0 Å². The van der Waals surface area contributed by atoms with Gasteiger partial charge in [0.2, 0.25) is 0 Å². The maximum Gasteiger partial charge on any atom is 0.278 e.